The molecule has 0 fully saturated rings. The molecule has 0 aliphatic rings. The molecule has 33 heavy (non-hydrogen) atoms. The molecule has 0 aliphatic heterocycles. The highest BCUT2D eigenvalue weighted by Crippen LogP contribution is 2.18. The first-order chi connectivity index (χ1) is 15.9. The van der Waals surface area contributed by atoms with Crippen molar-refractivity contribution in [1.82, 2.24) is 0 Å². The van der Waals surface area contributed by atoms with Crippen LogP contribution in [0, 0.1) is 0 Å². The molecule has 1 unspecified atom stereocenters. The quantitative estimate of drug-likeness (QED) is 0.267. The second-order valence-corrected chi connectivity index (χ2v) is 7.46. The van der Waals surface area contributed by atoms with E-state index in [1.807, 2.05) is 54.6 Å². The van der Waals surface area contributed by atoms with Gasteiger partial charge in [0.15, 0.2) is 0 Å². The number of nitrogens with one attached hydrogen (secondary N) is 2. The summed E-state index contributed by atoms with van der Waals surface area (Å²) in [4.78, 5) is 23.1. The maximum absolute atomic E-state index is 12.2. The van der Waals surface area contributed by atoms with E-state index < -0.39 is 18.0 Å². The lowest BCUT2D eigenvalue weighted by Crippen LogP contribution is -2.26. The maximum Gasteiger partial charge on any atom is 0.335 e. The van der Waals surface area contributed by atoms with Crippen molar-refractivity contribution in [3.05, 3.63) is 95.6 Å². The Labute approximate surface area is 192 Å². The van der Waals surface area contributed by atoms with Crippen LogP contribution < -0.4 is 10.6 Å². The normalized spacial score (nSPS) is 12.0. The fraction of sp³-hybridized carbons (Fsp3) is 0.154. The minimum Gasteiger partial charge on any atom is -0.478 e. The molecule has 0 amide bonds. The predicted molar refractivity (Wildman–Crippen MR) is 129 cm³/mol. The molecule has 170 valence electrons. The summed E-state index contributed by atoms with van der Waals surface area (Å²) in [7, 11) is 0. The SMILES string of the molecule is CC(=Cc1ccc(C(=O)O)cc1)C(=O)OCC(O)CNc1ccc(Nc2ccccc2)cc1. The van der Waals surface area contributed by atoms with E-state index in [1.165, 1.54) is 12.1 Å². The summed E-state index contributed by atoms with van der Waals surface area (Å²) in [5.74, 6) is -1.56. The molecule has 0 spiro atoms. The first-order valence-corrected chi connectivity index (χ1v) is 10.4. The molecule has 0 saturated carbocycles. The standard InChI is InChI=1S/C26H26N2O5/c1-18(15-19-7-9-20(10-8-19)25(30)31)26(32)33-17-24(29)16-27-21-11-13-23(14-12-21)28-22-5-3-2-4-6-22/h2-15,24,27-29H,16-17H2,1H3,(H,30,31). The van der Waals surface area contributed by atoms with Crippen molar-refractivity contribution < 1.29 is 24.5 Å². The molecular weight excluding hydrogens is 420 g/mol. The summed E-state index contributed by atoms with van der Waals surface area (Å²) in [6.45, 7) is 1.67. The molecule has 3 aromatic rings. The zero-order valence-corrected chi connectivity index (χ0v) is 18.2. The number of aromatic carboxylic acids is 1. The van der Waals surface area contributed by atoms with Crippen LogP contribution in [0.25, 0.3) is 6.08 Å². The van der Waals surface area contributed by atoms with E-state index in [2.05, 4.69) is 10.6 Å². The first-order valence-electron chi connectivity index (χ1n) is 10.4. The number of rotatable bonds is 10. The third kappa shape index (κ3) is 7.52. The van der Waals surface area contributed by atoms with E-state index in [4.69, 9.17) is 9.84 Å². The van der Waals surface area contributed by atoms with Gasteiger partial charge in [0.05, 0.1) is 5.56 Å². The highest BCUT2D eigenvalue weighted by molar-refractivity contribution is 5.93. The Morgan fingerprint density at radius 3 is 2.15 bits per heavy atom. The van der Waals surface area contributed by atoms with Crippen molar-refractivity contribution >= 4 is 35.1 Å². The number of carbonyl (C=O) groups excluding carboxylic acids is 1. The average Bonchev–Trinajstić information content (AvgIpc) is 2.83. The van der Waals surface area contributed by atoms with E-state index in [0.29, 0.717) is 11.1 Å². The molecule has 0 bridgehead atoms. The summed E-state index contributed by atoms with van der Waals surface area (Å²) in [6, 6.07) is 23.6. The number of anilines is 3. The van der Waals surface area contributed by atoms with Gasteiger partial charge in [-0.1, -0.05) is 30.3 Å². The monoisotopic (exact) mass is 446 g/mol. The number of carbonyl (C=O) groups is 2. The lowest BCUT2D eigenvalue weighted by molar-refractivity contribution is -0.141. The van der Waals surface area contributed by atoms with E-state index in [1.54, 1.807) is 25.1 Å². The van der Waals surface area contributed by atoms with Gasteiger partial charge in [0.25, 0.3) is 0 Å². The van der Waals surface area contributed by atoms with Gasteiger partial charge >= 0.3 is 11.9 Å². The number of aliphatic hydroxyl groups excluding tert-OH is 1. The van der Waals surface area contributed by atoms with Crippen molar-refractivity contribution in [2.45, 2.75) is 13.0 Å². The van der Waals surface area contributed by atoms with Crippen LogP contribution in [-0.2, 0) is 9.53 Å². The highest BCUT2D eigenvalue weighted by atomic mass is 16.5. The summed E-state index contributed by atoms with van der Waals surface area (Å²) < 4.78 is 5.17. The van der Waals surface area contributed by atoms with Crippen molar-refractivity contribution in [3.8, 4) is 0 Å². The van der Waals surface area contributed by atoms with Gasteiger partial charge in [0.2, 0.25) is 0 Å². The Morgan fingerprint density at radius 1 is 0.909 bits per heavy atom. The molecule has 1 atom stereocenters. The molecular formula is C26H26N2O5. The number of aliphatic hydroxyl groups is 1. The number of carboxylic acids is 1. The summed E-state index contributed by atoms with van der Waals surface area (Å²) in [5, 5.41) is 25.5. The molecule has 3 aromatic carbocycles. The third-order valence-corrected chi connectivity index (χ3v) is 4.76. The van der Waals surface area contributed by atoms with Crippen molar-refractivity contribution in [3.63, 3.8) is 0 Å². The van der Waals surface area contributed by atoms with E-state index in [-0.39, 0.29) is 18.7 Å². The molecule has 3 rings (SSSR count). The molecule has 7 heteroatoms. The number of ether oxygens (including phenoxy) is 1. The number of para-hydroxylation sites is 1. The van der Waals surface area contributed by atoms with E-state index >= 15 is 0 Å². The number of hydrogen-bond acceptors (Lipinski definition) is 6. The van der Waals surface area contributed by atoms with Crippen LogP contribution in [0.15, 0.2) is 84.4 Å². The van der Waals surface area contributed by atoms with Crippen LogP contribution in [0.3, 0.4) is 0 Å². The van der Waals surface area contributed by atoms with Crippen molar-refractivity contribution in [1.29, 1.82) is 0 Å². The van der Waals surface area contributed by atoms with E-state index in [9.17, 15) is 14.7 Å². The van der Waals surface area contributed by atoms with Gasteiger partial charge in [-0.05, 0) is 67.1 Å². The lowest BCUT2D eigenvalue weighted by Gasteiger charge is -2.14. The fourth-order valence-electron chi connectivity index (χ4n) is 2.97. The predicted octanol–water partition coefficient (Wildman–Crippen LogP) is 4.55. The van der Waals surface area contributed by atoms with Gasteiger partial charge in [-0.2, -0.15) is 0 Å². The second-order valence-electron chi connectivity index (χ2n) is 7.46. The zero-order valence-electron chi connectivity index (χ0n) is 18.2. The van der Waals surface area contributed by atoms with Crippen molar-refractivity contribution in [2.75, 3.05) is 23.8 Å². The molecule has 0 saturated heterocycles. The Hall–Kier alpha value is -4.10. The third-order valence-electron chi connectivity index (χ3n) is 4.76. The number of carboxylic acid groups (broad SMARTS) is 1. The van der Waals surface area contributed by atoms with Crippen LogP contribution >= 0.6 is 0 Å². The van der Waals surface area contributed by atoms with Gasteiger partial charge in [-0.15, -0.1) is 0 Å². The second kappa shape index (κ2) is 11.5. The summed E-state index contributed by atoms with van der Waals surface area (Å²) in [6.07, 6.45) is 0.725. The molecule has 0 radical (unpaired) electrons. The Morgan fingerprint density at radius 2 is 1.52 bits per heavy atom. The molecule has 0 aliphatic carbocycles. The summed E-state index contributed by atoms with van der Waals surface area (Å²) >= 11 is 0. The topological polar surface area (TPSA) is 108 Å². The summed E-state index contributed by atoms with van der Waals surface area (Å²) in [5.41, 5.74) is 3.98. The van der Waals surface area contributed by atoms with Crippen LogP contribution in [-0.4, -0.2) is 41.4 Å². The average molecular weight is 447 g/mol. The van der Waals surface area contributed by atoms with Crippen molar-refractivity contribution in [2.24, 2.45) is 0 Å². The smallest absolute Gasteiger partial charge is 0.335 e. The molecule has 4 N–H and O–H groups in total. The Kier molecular flexibility index (Phi) is 8.21. The largest absolute Gasteiger partial charge is 0.478 e. The van der Waals surface area contributed by atoms with Gasteiger partial charge in [-0.25, -0.2) is 9.59 Å². The zero-order chi connectivity index (χ0) is 23.6. The minimum absolute atomic E-state index is 0.150. The fourth-order valence-corrected chi connectivity index (χ4v) is 2.97. The maximum atomic E-state index is 12.2. The van der Waals surface area contributed by atoms with Crippen LogP contribution in [0.4, 0.5) is 17.1 Å². The number of esters is 1. The van der Waals surface area contributed by atoms with Gasteiger partial charge in [-0.3, -0.25) is 0 Å². The minimum atomic E-state index is -1.01. The van der Waals surface area contributed by atoms with Gasteiger partial charge in [0.1, 0.15) is 12.7 Å². The van der Waals surface area contributed by atoms with Crippen LogP contribution in [0.1, 0.15) is 22.8 Å². The van der Waals surface area contributed by atoms with Crippen LogP contribution in [0.5, 0.6) is 0 Å². The molecule has 7 nitrogen and oxygen atoms in total. The number of hydrogen-bond donors (Lipinski definition) is 4. The Bertz CT molecular complexity index is 1090. The lowest BCUT2D eigenvalue weighted by atomic mass is 10.1. The number of benzene rings is 3. The van der Waals surface area contributed by atoms with Crippen LogP contribution in [0.2, 0.25) is 0 Å². The molecule has 0 aromatic heterocycles. The van der Waals surface area contributed by atoms with Gasteiger partial charge < -0.3 is 25.6 Å². The Balaban J connectivity index is 1.42. The van der Waals surface area contributed by atoms with Gasteiger partial charge in [0, 0.05) is 29.2 Å². The molecule has 0 heterocycles. The van der Waals surface area contributed by atoms with E-state index in [0.717, 1.165) is 17.1 Å². The highest BCUT2D eigenvalue weighted by Gasteiger charge is 2.11. The first kappa shape index (κ1) is 23.6.